The van der Waals surface area contributed by atoms with Gasteiger partial charge in [-0.25, -0.2) is 0 Å². The van der Waals surface area contributed by atoms with Crippen LogP contribution in [0.15, 0.2) is 60.8 Å². The lowest BCUT2D eigenvalue weighted by Gasteiger charge is -2.21. The van der Waals surface area contributed by atoms with Crippen LogP contribution in [-0.4, -0.2) is 30.0 Å². The van der Waals surface area contributed by atoms with Crippen molar-refractivity contribution < 1.29 is 4.79 Å². The maximum absolute atomic E-state index is 12.0. The molecule has 0 aliphatic rings. The SMILES string of the molecule is CCNC(=O)[C@H](C)NC[C@H](c1ccccc1)c1c[nH]c2ccccc12. The molecule has 3 N–H and O–H groups in total. The first-order chi connectivity index (χ1) is 12.2. The van der Waals surface area contributed by atoms with Crippen molar-refractivity contribution in [2.75, 3.05) is 13.1 Å². The molecule has 1 amide bonds. The van der Waals surface area contributed by atoms with Crippen LogP contribution in [0, 0.1) is 0 Å². The Hall–Kier alpha value is -2.59. The monoisotopic (exact) mass is 335 g/mol. The number of H-pyrrole nitrogens is 1. The van der Waals surface area contributed by atoms with Crippen molar-refractivity contribution in [3.05, 3.63) is 71.9 Å². The third kappa shape index (κ3) is 3.91. The van der Waals surface area contributed by atoms with Crippen molar-refractivity contribution in [1.82, 2.24) is 15.6 Å². The van der Waals surface area contributed by atoms with Gasteiger partial charge in [0.1, 0.15) is 0 Å². The summed E-state index contributed by atoms with van der Waals surface area (Å²) in [7, 11) is 0. The number of carbonyl (C=O) groups excluding carboxylic acids is 1. The molecule has 0 unspecified atom stereocenters. The van der Waals surface area contributed by atoms with Crippen LogP contribution in [-0.2, 0) is 4.79 Å². The molecule has 1 aromatic heterocycles. The lowest BCUT2D eigenvalue weighted by molar-refractivity contribution is -0.122. The van der Waals surface area contributed by atoms with Crippen LogP contribution < -0.4 is 10.6 Å². The summed E-state index contributed by atoms with van der Waals surface area (Å²) in [6.45, 7) is 5.19. The number of hydrogen-bond donors (Lipinski definition) is 3. The van der Waals surface area contributed by atoms with Gasteiger partial charge < -0.3 is 15.6 Å². The van der Waals surface area contributed by atoms with Crippen molar-refractivity contribution in [2.24, 2.45) is 0 Å². The molecule has 130 valence electrons. The van der Waals surface area contributed by atoms with E-state index < -0.39 is 0 Å². The number of carbonyl (C=O) groups is 1. The Balaban J connectivity index is 1.88. The standard InChI is InChI=1S/C21H25N3O/c1-3-22-21(25)15(2)23-13-18(16-9-5-4-6-10-16)19-14-24-20-12-8-7-11-17(19)20/h4-12,14-15,18,23-24H,3,13H2,1-2H3,(H,22,25)/t15-,18+/m0/s1. The highest BCUT2D eigenvalue weighted by atomic mass is 16.2. The number of aromatic amines is 1. The summed E-state index contributed by atoms with van der Waals surface area (Å²) in [5.74, 6) is 0.211. The molecule has 2 aromatic carbocycles. The maximum Gasteiger partial charge on any atom is 0.236 e. The van der Waals surface area contributed by atoms with Gasteiger partial charge in [0.2, 0.25) is 5.91 Å². The van der Waals surface area contributed by atoms with Gasteiger partial charge in [0.15, 0.2) is 0 Å². The van der Waals surface area contributed by atoms with Gasteiger partial charge in [0.05, 0.1) is 6.04 Å². The third-order valence-electron chi connectivity index (χ3n) is 4.57. The Morgan fingerprint density at radius 2 is 1.80 bits per heavy atom. The van der Waals surface area contributed by atoms with Crippen LogP contribution in [0.4, 0.5) is 0 Å². The summed E-state index contributed by atoms with van der Waals surface area (Å²) in [5, 5.41) is 7.48. The van der Waals surface area contributed by atoms with Gasteiger partial charge in [0.25, 0.3) is 0 Å². The van der Waals surface area contributed by atoms with Crippen LogP contribution in [0.1, 0.15) is 30.9 Å². The average Bonchev–Trinajstić information content (AvgIpc) is 3.07. The highest BCUT2D eigenvalue weighted by Gasteiger charge is 2.20. The fourth-order valence-corrected chi connectivity index (χ4v) is 3.19. The normalized spacial score (nSPS) is 13.5. The van der Waals surface area contributed by atoms with Crippen LogP contribution in [0.3, 0.4) is 0 Å². The molecule has 3 aromatic rings. The Kier molecular flexibility index (Phi) is 5.51. The van der Waals surface area contributed by atoms with Gasteiger partial charge >= 0.3 is 0 Å². The zero-order valence-electron chi connectivity index (χ0n) is 14.8. The molecule has 3 rings (SSSR count). The van der Waals surface area contributed by atoms with Gasteiger partial charge in [0, 0.05) is 36.1 Å². The highest BCUT2D eigenvalue weighted by molar-refractivity contribution is 5.84. The van der Waals surface area contributed by atoms with Crippen molar-refractivity contribution in [2.45, 2.75) is 25.8 Å². The topological polar surface area (TPSA) is 56.9 Å². The van der Waals surface area contributed by atoms with Crippen LogP contribution in [0.5, 0.6) is 0 Å². The molecule has 1 heterocycles. The van der Waals surface area contributed by atoms with Gasteiger partial charge in [-0.2, -0.15) is 0 Å². The molecular weight excluding hydrogens is 310 g/mol. The maximum atomic E-state index is 12.0. The van der Waals surface area contributed by atoms with E-state index in [1.807, 2.05) is 26.0 Å². The number of rotatable bonds is 7. The molecule has 0 radical (unpaired) electrons. The lowest BCUT2D eigenvalue weighted by atomic mass is 9.90. The minimum atomic E-state index is -0.226. The molecule has 0 fully saturated rings. The summed E-state index contributed by atoms with van der Waals surface area (Å²) in [4.78, 5) is 15.4. The minimum absolute atomic E-state index is 0.0354. The van der Waals surface area contributed by atoms with E-state index in [1.165, 1.54) is 16.5 Å². The van der Waals surface area contributed by atoms with E-state index >= 15 is 0 Å². The van der Waals surface area contributed by atoms with Crippen LogP contribution in [0.2, 0.25) is 0 Å². The molecule has 0 saturated heterocycles. The number of hydrogen-bond acceptors (Lipinski definition) is 2. The molecule has 2 atom stereocenters. The third-order valence-corrected chi connectivity index (χ3v) is 4.57. The molecule has 25 heavy (non-hydrogen) atoms. The highest BCUT2D eigenvalue weighted by Crippen LogP contribution is 2.30. The van der Waals surface area contributed by atoms with E-state index in [4.69, 9.17) is 0 Å². The summed E-state index contributed by atoms with van der Waals surface area (Å²) in [5.41, 5.74) is 3.62. The van der Waals surface area contributed by atoms with Gasteiger partial charge in [-0.05, 0) is 31.0 Å². The van der Waals surface area contributed by atoms with Gasteiger partial charge in [-0.1, -0.05) is 48.5 Å². The number of amides is 1. The Bertz CT molecular complexity index is 825. The van der Waals surface area contributed by atoms with Crippen LogP contribution >= 0.6 is 0 Å². The second kappa shape index (κ2) is 7.99. The second-order valence-corrected chi connectivity index (χ2v) is 6.28. The van der Waals surface area contributed by atoms with Crippen LogP contribution in [0.25, 0.3) is 10.9 Å². The number of para-hydroxylation sites is 1. The minimum Gasteiger partial charge on any atom is -0.361 e. The van der Waals surface area contributed by atoms with E-state index in [2.05, 4.69) is 64.3 Å². The summed E-state index contributed by atoms with van der Waals surface area (Å²) < 4.78 is 0. The van der Waals surface area contributed by atoms with Gasteiger partial charge in [-0.15, -0.1) is 0 Å². The molecule has 0 aliphatic carbocycles. The summed E-state index contributed by atoms with van der Waals surface area (Å²) in [6.07, 6.45) is 2.08. The molecule has 0 bridgehead atoms. The number of fused-ring (bicyclic) bond motifs is 1. The number of likely N-dealkylation sites (N-methyl/N-ethyl adjacent to an activating group) is 1. The fraction of sp³-hybridized carbons (Fsp3) is 0.286. The van der Waals surface area contributed by atoms with E-state index in [0.717, 1.165) is 5.52 Å². The molecule has 0 spiro atoms. The number of benzene rings is 2. The first-order valence-corrected chi connectivity index (χ1v) is 8.82. The van der Waals surface area contributed by atoms with Crippen molar-refractivity contribution in [1.29, 1.82) is 0 Å². The zero-order valence-corrected chi connectivity index (χ0v) is 14.8. The Labute approximate surface area is 148 Å². The summed E-state index contributed by atoms with van der Waals surface area (Å²) >= 11 is 0. The predicted octanol–water partition coefficient (Wildman–Crippen LogP) is 3.41. The number of nitrogens with one attached hydrogen (secondary N) is 3. The summed E-state index contributed by atoms with van der Waals surface area (Å²) in [6, 6.07) is 18.5. The number of aromatic nitrogens is 1. The van der Waals surface area contributed by atoms with E-state index in [9.17, 15) is 4.79 Å². The molecule has 0 saturated carbocycles. The lowest BCUT2D eigenvalue weighted by Crippen LogP contribution is -2.43. The molecular formula is C21H25N3O. The quantitative estimate of drug-likeness (QED) is 0.620. The molecule has 4 heteroatoms. The smallest absolute Gasteiger partial charge is 0.236 e. The fourth-order valence-electron chi connectivity index (χ4n) is 3.19. The van der Waals surface area contributed by atoms with E-state index in [1.54, 1.807) is 0 Å². The average molecular weight is 335 g/mol. The largest absolute Gasteiger partial charge is 0.361 e. The molecule has 4 nitrogen and oxygen atoms in total. The van der Waals surface area contributed by atoms with E-state index in [-0.39, 0.29) is 17.9 Å². The first-order valence-electron chi connectivity index (χ1n) is 8.82. The first kappa shape index (κ1) is 17.2. The van der Waals surface area contributed by atoms with E-state index in [0.29, 0.717) is 13.1 Å². The second-order valence-electron chi connectivity index (χ2n) is 6.28. The Morgan fingerprint density at radius 1 is 1.08 bits per heavy atom. The Morgan fingerprint density at radius 3 is 2.56 bits per heavy atom. The molecule has 0 aliphatic heterocycles. The van der Waals surface area contributed by atoms with Crippen molar-refractivity contribution in [3.63, 3.8) is 0 Å². The van der Waals surface area contributed by atoms with Crippen molar-refractivity contribution in [3.8, 4) is 0 Å². The van der Waals surface area contributed by atoms with Gasteiger partial charge in [-0.3, -0.25) is 4.79 Å². The predicted molar refractivity (Wildman–Crippen MR) is 103 cm³/mol. The van der Waals surface area contributed by atoms with Crippen molar-refractivity contribution >= 4 is 16.8 Å². The zero-order chi connectivity index (χ0) is 17.6.